The number of methoxy groups -OCH3 is 1. The summed E-state index contributed by atoms with van der Waals surface area (Å²) in [5, 5.41) is 7.97. The molecule has 4 rings (SSSR count). The number of hydrogen-bond donors (Lipinski definition) is 1. The van der Waals surface area contributed by atoms with Crippen LogP contribution in [0.2, 0.25) is 0 Å². The van der Waals surface area contributed by atoms with E-state index in [4.69, 9.17) is 19.9 Å². The summed E-state index contributed by atoms with van der Waals surface area (Å²) in [5.41, 5.74) is 7.35. The normalized spacial score (nSPS) is 18.7. The number of aromatic nitrogens is 3. The van der Waals surface area contributed by atoms with Crippen LogP contribution in [-0.2, 0) is 26.7 Å². The van der Waals surface area contributed by atoms with Crippen LogP contribution in [-0.4, -0.2) is 62.7 Å². The van der Waals surface area contributed by atoms with Crippen LogP contribution in [0, 0.1) is 11.8 Å². The number of hydrogen-bond acceptors (Lipinski definition) is 9. The lowest BCUT2D eigenvalue weighted by Crippen LogP contribution is -2.35. The van der Waals surface area contributed by atoms with Crippen molar-refractivity contribution < 1.29 is 17.6 Å². The Morgan fingerprint density at radius 3 is 2.46 bits per heavy atom. The average Bonchev–Trinajstić information content (AvgIpc) is 3.36. The number of rotatable bonds is 13. The van der Waals surface area contributed by atoms with E-state index in [1.165, 1.54) is 11.4 Å². The van der Waals surface area contributed by atoms with Crippen LogP contribution in [0.3, 0.4) is 0 Å². The molecule has 1 saturated carbocycles. The molecule has 0 saturated heterocycles. The smallest absolute Gasteiger partial charge is 0.248 e. The second kappa shape index (κ2) is 11.6. The van der Waals surface area contributed by atoms with E-state index in [-0.39, 0.29) is 11.7 Å². The van der Waals surface area contributed by atoms with Gasteiger partial charge in [0.1, 0.15) is 11.6 Å². The molecule has 1 aliphatic carbocycles. The standard InChI is InChI=1S/C28H40N6O4S/c1-19(2)39(35,36)33(5)24-15-22(16-25(30-24)34(12-13-37-6)18-23-14-20(23)3)26-31-32-27(38-26)28(4,29)17-21-10-8-7-9-11-21/h7-11,15-16,19-20,23H,12-14,17-18,29H2,1-6H3/t20-,23+,28-/m1/s1. The highest BCUT2D eigenvalue weighted by Gasteiger charge is 2.35. The molecule has 212 valence electrons. The molecule has 0 spiro atoms. The zero-order chi connectivity index (χ0) is 28.4. The fourth-order valence-electron chi connectivity index (χ4n) is 4.50. The summed E-state index contributed by atoms with van der Waals surface area (Å²) in [6.07, 6.45) is 1.67. The maximum Gasteiger partial charge on any atom is 0.248 e. The Morgan fingerprint density at radius 1 is 1.18 bits per heavy atom. The summed E-state index contributed by atoms with van der Waals surface area (Å²) in [5.74, 6) is 2.66. The van der Waals surface area contributed by atoms with Gasteiger partial charge in [0, 0.05) is 32.8 Å². The van der Waals surface area contributed by atoms with Gasteiger partial charge in [-0.05, 0) is 63.1 Å². The average molecular weight is 557 g/mol. The Morgan fingerprint density at radius 2 is 1.85 bits per heavy atom. The Labute approximate surface area is 231 Å². The molecule has 2 aromatic heterocycles. The van der Waals surface area contributed by atoms with Gasteiger partial charge >= 0.3 is 0 Å². The largest absolute Gasteiger partial charge is 0.419 e. The van der Waals surface area contributed by atoms with Crippen LogP contribution < -0.4 is 14.9 Å². The van der Waals surface area contributed by atoms with Crippen molar-refractivity contribution in [2.24, 2.45) is 17.6 Å². The summed E-state index contributed by atoms with van der Waals surface area (Å²) < 4.78 is 38.8. The van der Waals surface area contributed by atoms with Crippen molar-refractivity contribution in [3.05, 3.63) is 53.9 Å². The third-order valence-electron chi connectivity index (χ3n) is 7.29. The van der Waals surface area contributed by atoms with Crippen LogP contribution in [0.4, 0.5) is 11.6 Å². The van der Waals surface area contributed by atoms with Gasteiger partial charge < -0.3 is 19.8 Å². The van der Waals surface area contributed by atoms with E-state index >= 15 is 0 Å². The van der Waals surface area contributed by atoms with E-state index in [9.17, 15) is 8.42 Å². The molecule has 3 atom stereocenters. The Kier molecular flexibility index (Phi) is 8.63. The van der Waals surface area contributed by atoms with Crippen molar-refractivity contribution >= 4 is 21.7 Å². The van der Waals surface area contributed by atoms with Crippen molar-refractivity contribution in [1.29, 1.82) is 0 Å². The minimum absolute atomic E-state index is 0.251. The molecule has 2 N–H and O–H groups in total. The second-order valence-electron chi connectivity index (χ2n) is 11.0. The van der Waals surface area contributed by atoms with Gasteiger partial charge in [-0.25, -0.2) is 13.4 Å². The molecule has 0 amide bonds. The maximum atomic E-state index is 13.1. The van der Waals surface area contributed by atoms with Crippen molar-refractivity contribution in [1.82, 2.24) is 15.2 Å². The molecule has 11 heteroatoms. The lowest BCUT2D eigenvalue weighted by molar-refractivity contribution is 0.204. The van der Waals surface area contributed by atoms with Crippen molar-refractivity contribution in [2.75, 3.05) is 43.1 Å². The van der Waals surface area contributed by atoms with E-state index in [0.29, 0.717) is 48.7 Å². The number of benzene rings is 1. The molecule has 3 aromatic rings. The molecule has 10 nitrogen and oxygen atoms in total. The highest BCUT2D eigenvalue weighted by Crippen LogP contribution is 2.39. The van der Waals surface area contributed by atoms with E-state index in [2.05, 4.69) is 22.0 Å². The predicted octanol–water partition coefficient (Wildman–Crippen LogP) is 3.83. The quantitative estimate of drug-likeness (QED) is 0.334. The molecular formula is C28H40N6O4S. The number of pyridine rings is 1. The third kappa shape index (κ3) is 6.77. The maximum absolute atomic E-state index is 13.1. The van der Waals surface area contributed by atoms with Gasteiger partial charge in [0.05, 0.1) is 17.4 Å². The fourth-order valence-corrected chi connectivity index (χ4v) is 5.49. The highest BCUT2D eigenvalue weighted by atomic mass is 32.2. The monoisotopic (exact) mass is 556 g/mol. The molecule has 1 aromatic carbocycles. The SMILES string of the molecule is COCCN(C[C@@H]1C[C@H]1C)c1cc(-c2nnc([C@](C)(N)Cc3ccccc3)o2)cc(N(C)S(=O)(=O)C(C)C)n1. The molecule has 0 radical (unpaired) electrons. The van der Waals surface area contributed by atoms with Gasteiger partial charge in [0.15, 0.2) is 0 Å². The fraction of sp³-hybridized carbons (Fsp3) is 0.536. The molecule has 1 aliphatic rings. The number of sulfonamides is 1. The van der Waals surface area contributed by atoms with Crippen molar-refractivity contribution in [3.8, 4) is 11.5 Å². The molecule has 0 aliphatic heterocycles. The van der Waals surface area contributed by atoms with Gasteiger partial charge in [-0.1, -0.05) is 37.3 Å². The molecule has 2 heterocycles. The highest BCUT2D eigenvalue weighted by molar-refractivity contribution is 7.93. The first-order valence-electron chi connectivity index (χ1n) is 13.3. The Hall–Kier alpha value is -3.02. The zero-order valence-electron chi connectivity index (χ0n) is 23.7. The number of anilines is 2. The van der Waals surface area contributed by atoms with Gasteiger partial charge in [0.25, 0.3) is 0 Å². The summed E-state index contributed by atoms with van der Waals surface area (Å²) in [6.45, 7) is 9.31. The predicted molar refractivity (Wildman–Crippen MR) is 153 cm³/mol. The lowest BCUT2D eigenvalue weighted by Gasteiger charge is -2.27. The van der Waals surface area contributed by atoms with Crippen LogP contribution in [0.1, 0.15) is 45.6 Å². The lowest BCUT2D eigenvalue weighted by atomic mass is 9.94. The van der Waals surface area contributed by atoms with Crippen molar-refractivity contribution in [2.45, 2.75) is 51.3 Å². The topological polar surface area (TPSA) is 128 Å². The summed E-state index contributed by atoms with van der Waals surface area (Å²) in [7, 11) is -0.440. The van der Waals surface area contributed by atoms with Gasteiger partial charge in [-0.3, -0.25) is 4.31 Å². The number of nitrogens with two attached hydrogens (primary N) is 1. The van der Waals surface area contributed by atoms with Gasteiger partial charge in [-0.2, -0.15) is 0 Å². The first kappa shape index (κ1) is 29.0. The Balaban J connectivity index is 1.73. The van der Waals surface area contributed by atoms with Gasteiger partial charge in [-0.15, -0.1) is 10.2 Å². The molecular weight excluding hydrogens is 516 g/mol. The van der Waals surface area contributed by atoms with E-state index in [1.807, 2.05) is 43.3 Å². The minimum Gasteiger partial charge on any atom is -0.419 e. The number of ether oxygens (including phenoxy) is 1. The van der Waals surface area contributed by atoms with E-state index in [0.717, 1.165) is 18.5 Å². The van der Waals surface area contributed by atoms with Crippen LogP contribution in [0.15, 0.2) is 46.9 Å². The van der Waals surface area contributed by atoms with Crippen LogP contribution >= 0.6 is 0 Å². The summed E-state index contributed by atoms with van der Waals surface area (Å²) >= 11 is 0. The van der Waals surface area contributed by atoms with E-state index < -0.39 is 20.8 Å². The van der Waals surface area contributed by atoms with Crippen LogP contribution in [0.5, 0.6) is 0 Å². The second-order valence-corrected chi connectivity index (χ2v) is 13.6. The first-order chi connectivity index (χ1) is 18.4. The first-order valence-corrected chi connectivity index (χ1v) is 14.8. The summed E-state index contributed by atoms with van der Waals surface area (Å²) in [4.78, 5) is 6.92. The number of nitrogens with zero attached hydrogens (tertiary/aromatic N) is 5. The molecule has 1 fully saturated rings. The zero-order valence-corrected chi connectivity index (χ0v) is 24.5. The van der Waals surface area contributed by atoms with Crippen LogP contribution in [0.25, 0.3) is 11.5 Å². The molecule has 0 unspecified atom stereocenters. The van der Waals surface area contributed by atoms with E-state index in [1.54, 1.807) is 27.0 Å². The molecule has 0 bridgehead atoms. The molecule has 39 heavy (non-hydrogen) atoms. The Bertz CT molecular complexity index is 1360. The van der Waals surface area contributed by atoms with Crippen molar-refractivity contribution in [3.63, 3.8) is 0 Å². The van der Waals surface area contributed by atoms with Gasteiger partial charge in [0.2, 0.25) is 21.8 Å². The minimum atomic E-state index is -3.62. The summed E-state index contributed by atoms with van der Waals surface area (Å²) in [6, 6.07) is 13.4. The third-order valence-corrected chi connectivity index (χ3v) is 9.44.